The fourth-order valence-electron chi connectivity index (χ4n) is 3.76. The lowest BCUT2D eigenvalue weighted by atomic mass is 10.2. The number of ether oxygens (including phenoxy) is 2. The molecule has 5 aromatic rings. The zero-order valence-corrected chi connectivity index (χ0v) is 25.7. The summed E-state index contributed by atoms with van der Waals surface area (Å²) in [6.45, 7) is 1.86. The lowest BCUT2D eigenvalue weighted by Gasteiger charge is -2.11. The normalized spacial score (nSPS) is 11.5. The Bertz CT molecular complexity index is 1760. The van der Waals surface area contributed by atoms with Crippen LogP contribution in [0.5, 0.6) is 5.75 Å². The van der Waals surface area contributed by atoms with Crippen molar-refractivity contribution < 1.29 is 18.7 Å². The lowest BCUT2D eigenvalue weighted by molar-refractivity contribution is -0.145. The number of aromatic nitrogens is 2. The van der Waals surface area contributed by atoms with E-state index in [1.807, 2.05) is 42.5 Å². The SMILES string of the molecule is CCOC(=O)COc1c(I)cc(C=Nn2c(-c3cc4cc(Br)ccc4o3)nc3ccccc3c2=O)cc1I. The van der Waals surface area contributed by atoms with Gasteiger partial charge in [-0.1, -0.05) is 28.1 Å². The Labute approximate surface area is 252 Å². The maximum Gasteiger partial charge on any atom is 0.344 e. The highest BCUT2D eigenvalue weighted by Gasteiger charge is 2.17. The summed E-state index contributed by atoms with van der Waals surface area (Å²) in [5.74, 6) is 0.856. The third-order valence-corrected chi connectivity index (χ3v) is 7.53. The quantitative estimate of drug-likeness (QED) is 0.105. The highest BCUT2D eigenvalue weighted by Crippen LogP contribution is 2.30. The second-order valence-corrected chi connectivity index (χ2v) is 11.3. The lowest BCUT2D eigenvalue weighted by Crippen LogP contribution is -2.20. The highest BCUT2D eigenvalue weighted by atomic mass is 127. The third-order valence-electron chi connectivity index (χ3n) is 5.44. The molecule has 0 aliphatic carbocycles. The first-order chi connectivity index (χ1) is 18.3. The van der Waals surface area contributed by atoms with E-state index in [2.05, 4.69) is 66.2 Å². The molecular weight excluding hydrogens is 780 g/mol. The Morgan fingerprint density at radius 3 is 2.66 bits per heavy atom. The number of para-hydroxylation sites is 1. The Morgan fingerprint density at radius 1 is 1.13 bits per heavy atom. The van der Waals surface area contributed by atoms with Crippen molar-refractivity contribution in [2.45, 2.75) is 6.92 Å². The van der Waals surface area contributed by atoms with Crippen molar-refractivity contribution >= 4 is 95.2 Å². The summed E-state index contributed by atoms with van der Waals surface area (Å²) in [6, 6.07) is 18.3. The van der Waals surface area contributed by atoms with Crippen LogP contribution in [0.2, 0.25) is 0 Å². The molecule has 0 fully saturated rings. The van der Waals surface area contributed by atoms with Crippen molar-refractivity contribution in [2.24, 2.45) is 5.10 Å². The van der Waals surface area contributed by atoms with Gasteiger partial charge in [0, 0.05) is 9.86 Å². The van der Waals surface area contributed by atoms with Gasteiger partial charge in [-0.25, -0.2) is 9.78 Å². The second kappa shape index (κ2) is 11.5. The van der Waals surface area contributed by atoms with Gasteiger partial charge >= 0.3 is 5.97 Å². The maximum absolute atomic E-state index is 13.5. The molecule has 0 aliphatic rings. The number of rotatable bonds is 7. The summed E-state index contributed by atoms with van der Waals surface area (Å²) in [6.07, 6.45) is 1.58. The van der Waals surface area contributed by atoms with Crippen LogP contribution in [0.4, 0.5) is 0 Å². The number of carbonyl (C=O) groups excluding carboxylic acids is 1. The molecule has 0 unspecified atom stereocenters. The molecule has 0 aliphatic heterocycles. The minimum atomic E-state index is -0.432. The Hall–Kier alpha value is -2.78. The van der Waals surface area contributed by atoms with Gasteiger partial charge in [0.2, 0.25) is 5.82 Å². The van der Waals surface area contributed by atoms with Gasteiger partial charge in [0.25, 0.3) is 5.56 Å². The third kappa shape index (κ3) is 5.64. The van der Waals surface area contributed by atoms with E-state index in [4.69, 9.17) is 18.9 Å². The van der Waals surface area contributed by atoms with Gasteiger partial charge in [0.05, 0.1) is 30.9 Å². The maximum atomic E-state index is 13.5. The van der Waals surface area contributed by atoms with Crippen molar-refractivity contribution in [3.63, 3.8) is 0 Å². The van der Waals surface area contributed by atoms with Crippen LogP contribution in [-0.4, -0.2) is 35.1 Å². The molecule has 0 radical (unpaired) electrons. The highest BCUT2D eigenvalue weighted by molar-refractivity contribution is 14.1. The minimum Gasteiger partial charge on any atom is -0.480 e. The van der Waals surface area contributed by atoms with Crippen LogP contribution >= 0.6 is 61.1 Å². The smallest absolute Gasteiger partial charge is 0.344 e. The number of fused-ring (bicyclic) bond motifs is 2. The van der Waals surface area contributed by atoms with Crippen LogP contribution in [0.3, 0.4) is 0 Å². The number of carbonyl (C=O) groups is 1. The van der Waals surface area contributed by atoms with E-state index in [1.54, 1.807) is 31.3 Å². The molecule has 192 valence electrons. The van der Waals surface area contributed by atoms with Gasteiger partial charge in [0.15, 0.2) is 12.4 Å². The predicted octanol–water partition coefficient (Wildman–Crippen LogP) is 6.61. The number of hydrogen-bond donors (Lipinski definition) is 0. The zero-order valence-electron chi connectivity index (χ0n) is 19.8. The number of halogens is 3. The fraction of sp³-hybridized carbons (Fsp3) is 0.111. The van der Waals surface area contributed by atoms with Crippen molar-refractivity contribution in [2.75, 3.05) is 13.2 Å². The molecule has 0 amide bonds. The largest absolute Gasteiger partial charge is 0.480 e. The molecule has 2 heterocycles. The average Bonchev–Trinajstić information content (AvgIpc) is 3.31. The molecule has 11 heteroatoms. The average molecular weight is 798 g/mol. The van der Waals surface area contributed by atoms with Crippen LogP contribution in [0.15, 0.2) is 79.4 Å². The van der Waals surface area contributed by atoms with Crippen molar-refractivity contribution in [1.82, 2.24) is 9.66 Å². The van der Waals surface area contributed by atoms with Crippen molar-refractivity contribution in [1.29, 1.82) is 0 Å². The van der Waals surface area contributed by atoms with Gasteiger partial charge in [-0.15, -0.1) is 0 Å². The summed E-state index contributed by atoms with van der Waals surface area (Å²) in [4.78, 5) is 29.9. The molecule has 3 aromatic carbocycles. The van der Waals surface area contributed by atoms with Gasteiger partial charge in [-0.05, 0) is 106 Å². The van der Waals surface area contributed by atoms with Crippen LogP contribution in [-0.2, 0) is 9.53 Å². The molecule has 0 bridgehead atoms. The van der Waals surface area contributed by atoms with E-state index in [0.717, 1.165) is 22.6 Å². The first-order valence-corrected chi connectivity index (χ1v) is 14.3. The molecule has 38 heavy (non-hydrogen) atoms. The summed E-state index contributed by atoms with van der Waals surface area (Å²) >= 11 is 7.75. The van der Waals surface area contributed by atoms with Gasteiger partial charge in [0.1, 0.15) is 11.3 Å². The second-order valence-electron chi connectivity index (χ2n) is 8.01. The Kier molecular flexibility index (Phi) is 8.14. The van der Waals surface area contributed by atoms with E-state index in [-0.39, 0.29) is 18.0 Å². The molecule has 0 spiro atoms. The molecular formula is C27H18BrI2N3O5. The molecule has 0 saturated carbocycles. The number of nitrogens with zero attached hydrogens (tertiary/aromatic N) is 3. The number of esters is 1. The molecule has 5 rings (SSSR count). The molecule has 0 N–H and O–H groups in total. The Balaban J connectivity index is 1.56. The van der Waals surface area contributed by atoms with Crippen molar-refractivity contribution in [3.05, 3.63) is 88.2 Å². The van der Waals surface area contributed by atoms with E-state index in [1.165, 1.54) is 4.68 Å². The van der Waals surface area contributed by atoms with Gasteiger partial charge in [-0.3, -0.25) is 4.79 Å². The van der Waals surface area contributed by atoms with E-state index < -0.39 is 5.97 Å². The zero-order chi connectivity index (χ0) is 26.8. The van der Waals surface area contributed by atoms with Crippen LogP contribution < -0.4 is 10.3 Å². The summed E-state index contributed by atoms with van der Waals surface area (Å²) in [5.41, 5.74) is 1.64. The van der Waals surface area contributed by atoms with E-state index in [0.29, 0.717) is 34.6 Å². The van der Waals surface area contributed by atoms with Gasteiger partial charge in [-0.2, -0.15) is 9.78 Å². The summed E-state index contributed by atoms with van der Waals surface area (Å²) in [5, 5.41) is 5.84. The first-order valence-electron chi connectivity index (χ1n) is 11.4. The Morgan fingerprint density at radius 2 is 1.89 bits per heavy atom. The minimum absolute atomic E-state index is 0.178. The molecule has 0 atom stereocenters. The number of hydrogen-bond acceptors (Lipinski definition) is 7. The predicted molar refractivity (Wildman–Crippen MR) is 166 cm³/mol. The summed E-state index contributed by atoms with van der Waals surface area (Å²) in [7, 11) is 0. The molecule has 0 saturated heterocycles. The summed E-state index contributed by atoms with van der Waals surface area (Å²) < 4.78 is 20.4. The molecule has 8 nitrogen and oxygen atoms in total. The standard InChI is InChI=1S/C27H18BrI2N3O5/c1-2-36-24(34)14-37-25-19(29)9-15(10-20(25)30)13-31-33-26(32-21-6-4-3-5-18(21)27(33)35)23-12-16-11-17(28)7-8-22(16)38-23/h3-13H,2,14H2,1H3. The van der Waals surface area contributed by atoms with E-state index in [9.17, 15) is 9.59 Å². The van der Waals surface area contributed by atoms with Crippen molar-refractivity contribution in [3.8, 4) is 17.3 Å². The van der Waals surface area contributed by atoms with Crippen LogP contribution in [0.1, 0.15) is 12.5 Å². The van der Waals surface area contributed by atoms with Crippen LogP contribution in [0, 0.1) is 7.14 Å². The van der Waals surface area contributed by atoms with Crippen LogP contribution in [0.25, 0.3) is 33.5 Å². The first kappa shape index (κ1) is 26.8. The van der Waals surface area contributed by atoms with E-state index >= 15 is 0 Å². The number of benzene rings is 3. The topological polar surface area (TPSA) is 95.9 Å². The molecule has 2 aromatic heterocycles. The monoisotopic (exact) mass is 797 g/mol. The number of furan rings is 1. The fourth-order valence-corrected chi connectivity index (χ4v) is 6.27. The van der Waals surface area contributed by atoms with Gasteiger partial charge < -0.3 is 13.9 Å².